The molecule has 0 bridgehead atoms. The quantitative estimate of drug-likeness (QED) is 0.200. The predicted molar refractivity (Wildman–Crippen MR) is 126 cm³/mol. The van der Waals surface area contributed by atoms with Gasteiger partial charge >= 0.3 is 0 Å². The Hall–Kier alpha value is -1.10. The van der Waals surface area contributed by atoms with Crippen molar-refractivity contribution in [2.45, 2.75) is 47.0 Å². The van der Waals surface area contributed by atoms with Gasteiger partial charge in [-0.2, -0.15) is 0 Å². The van der Waals surface area contributed by atoms with Crippen LogP contribution in [0.4, 0.5) is 0 Å². The molecule has 9 nitrogen and oxygen atoms in total. The van der Waals surface area contributed by atoms with Gasteiger partial charge in [0.2, 0.25) is 5.91 Å². The van der Waals surface area contributed by atoms with Crippen molar-refractivity contribution in [2.75, 3.05) is 85.8 Å². The fourth-order valence-electron chi connectivity index (χ4n) is 2.43. The molecule has 0 fully saturated rings. The molecule has 0 aliphatic carbocycles. The summed E-state index contributed by atoms with van der Waals surface area (Å²) < 4.78 is 32.4. The van der Waals surface area contributed by atoms with E-state index in [0.29, 0.717) is 105 Å². The van der Waals surface area contributed by atoms with Gasteiger partial charge in [0.25, 0.3) is 0 Å². The monoisotopic (exact) mass is 477 g/mol. The Morgan fingerprint density at radius 2 is 0.970 bits per heavy atom. The Morgan fingerprint density at radius 1 is 0.576 bits per heavy atom. The second-order valence-electron chi connectivity index (χ2n) is 8.33. The molecule has 1 N–H and O–H groups in total. The average Bonchev–Trinajstić information content (AvgIpc) is 2.78. The van der Waals surface area contributed by atoms with Crippen molar-refractivity contribution in [1.29, 1.82) is 0 Å². The summed E-state index contributed by atoms with van der Waals surface area (Å²) in [6.07, 6.45) is 1.93. The minimum absolute atomic E-state index is 0.0647. The largest absolute Gasteiger partial charge is 0.379 e. The molecule has 0 saturated heterocycles. The molecular formula is C24H47NO8. The third kappa shape index (κ3) is 25.4. The van der Waals surface area contributed by atoms with E-state index in [1.807, 2.05) is 13.8 Å². The fourth-order valence-corrected chi connectivity index (χ4v) is 2.43. The van der Waals surface area contributed by atoms with Crippen LogP contribution in [0.15, 0.2) is 0 Å². The first-order valence-corrected chi connectivity index (χ1v) is 12.2. The second kappa shape index (κ2) is 24.0. The molecule has 0 unspecified atom stereocenters. The number of amides is 1. The fraction of sp³-hybridized carbons (Fsp3) is 0.917. The van der Waals surface area contributed by atoms with Crippen LogP contribution in [0.1, 0.15) is 47.0 Å². The van der Waals surface area contributed by atoms with Crippen LogP contribution >= 0.6 is 0 Å². The van der Waals surface area contributed by atoms with Crippen molar-refractivity contribution >= 4 is 11.7 Å². The molecule has 0 aromatic rings. The molecule has 33 heavy (non-hydrogen) atoms. The summed E-state index contributed by atoms with van der Waals surface area (Å²) in [6.45, 7) is 14.4. The van der Waals surface area contributed by atoms with Crippen molar-refractivity contribution in [2.24, 2.45) is 11.8 Å². The first-order valence-electron chi connectivity index (χ1n) is 12.2. The lowest BCUT2D eigenvalue weighted by atomic mass is 10.1. The van der Waals surface area contributed by atoms with Gasteiger partial charge in [0.1, 0.15) is 5.78 Å². The first-order chi connectivity index (χ1) is 15.9. The van der Waals surface area contributed by atoms with Crippen molar-refractivity contribution in [3.8, 4) is 0 Å². The molecule has 0 atom stereocenters. The molecule has 0 rings (SSSR count). The number of ketones is 1. The van der Waals surface area contributed by atoms with E-state index in [2.05, 4.69) is 19.2 Å². The number of nitrogens with one attached hydrogen (secondary N) is 1. The van der Waals surface area contributed by atoms with Crippen molar-refractivity contribution < 1.29 is 38.0 Å². The number of carbonyl (C=O) groups excluding carboxylic acids is 2. The molecule has 196 valence electrons. The number of hydrogen-bond acceptors (Lipinski definition) is 8. The lowest BCUT2D eigenvalue weighted by Crippen LogP contribution is -2.27. The van der Waals surface area contributed by atoms with E-state index >= 15 is 0 Å². The van der Waals surface area contributed by atoms with Crippen LogP contribution in [0.2, 0.25) is 0 Å². The summed E-state index contributed by atoms with van der Waals surface area (Å²) in [6, 6.07) is 0. The summed E-state index contributed by atoms with van der Waals surface area (Å²) in [4.78, 5) is 23.0. The van der Waals surface area contributed by atoms with Gasteiger partial charge in [-0.1, -0.05) is 27.7 Å². The molecule has 0 aromatic heterocycles. The number of Topliss-reactive ketones (excluding diaryl/α,β-unsaturated/α-hetero) is 1. The zero-order valence-corrected chi connectivity index (χ0v) is 21.2. The van der Waals surface area contributed by atoms with E-state index in [9.17, 15) is 9.59 Å². The maximum absolute atomic E-state index is 11.5. The van der Waals surface area contributed by atoms with Crippen LogP contribution in [0, 0.1) is 11.8 Å². The van der Waals surface area contributed by atoms with Gasteiger partial charge in [0.15, 0.2) is 0 Å². The van der Waals surface area contributed by atoms with E-state index in [1.54, 1.807) is 0 Å². The SMILES string of the molecule is CC(C)CCC(=O)NCCOCCOCCOCCOCCOCCOCCC(=O)C(C)C. The zero-order valence-electron chi connectivity index (χ0n) is 21.2. The molecule has 1 amide bonds. The van der Waals surface area contributed by atoms with E-state index in [1.165, 1.54) is 0 Å². The average molecular weight is 478 g/mol. The minimum Gasteiger partial charge on any atom is -0.379 e. The van der Waals surface area contributed by atoms with Crippen molar-refractivity contribution in [1.82, 2.24) is 5.32 Å². The minimum atomic E-state index is 0.0647. The molecule has 0 aliphatic rings. The number of rotatable bonds is 25. The third-order valence-electron chi connectivity index (χ3n) is 4.51. The van der Waals surface area contributed by atoms with Crippen LogP contribution in [0.3, 0.4) is 0 Å². The van der Waals surface area contributed by atoms with Gasteiger partial charge in [0.05, 0.1) is 79.3 Å². The molecular weight excluding hydrogens is 430 g/mol. The Kier molecular flexibility index (Phi) is 23.2. The highest BCUT2D eigenvalue weighted by atomic mass is 16.6. The summed E-state index contributed by atoms with van der Waals surface area (Å²) >= 11 is 0. The first kappa shape index (κ1) is 31.9. The van der Waals surface area contributed by atoms with Crippen LogP contribution in [-0.4, -0.2) is 97.5 Å². The normalized spacial score (nSPS) is 11.5. The number of carbonyl (C=O) groups is 2. The summed E-state index contributed by atoms with van der Waals surface area (Å²) in [5, 5.41) is 2.84. The maximum Gasteiger partial charge on any atom is 0.220 e. The zero-order chi connectivity index (χ0) is 24.6. The van der Waals surface area contributed by atoms with Crippen LogP contribution < -0.4 is 5.32 Å². The Bertz CT molecular complexity index is 460. The molecule has 0 aliphatic heterocycles. The van der Waals surface area contributed by atoms with Gasteiger partial charge < -0.3 is 33.7 Å². The highest BCUT2D eigenvalue weighted by Crippen LogP contribution is 2.02. The highest BCUT2D eigenvalue weighted by molar-refractivity contribution is 5.80. The van der Waals surface area contributed by atoms with Crippen LogP contribution in [-0.2, 0) is 38.0 Å². The van der Waals surface area contributed by atoms with Crippen molar-refractivity contribution in [3.05, 3.63) is 0 Å². The molecule has 9 heteroatoms. The van der Waals surface area contributed by atoms with E-state index in [-0.39, 0.29) is 17.6 Å². The molecule has 0 radical (unpaired) electrons. The number of hydrogen-bond donors (Lipinski definition) is 1. The standard InChI is InChI=1S/C24H47NO8/c1-21(2)5-6-24(27)25-8-10-29-12-14-31-16-18-33-20-19-32-17-15-30-13-11-28-9-7-23(26)22(3)4/h21-22H,5-20H2,1-4H3,(H,25,27). The Labute approximate surface area is 200 Å². The molecule has 0 spiro atoms. The van der Waals surface area contributed by atoms with Crippen molar-refractivity contribution in [3.63, 3.8) is 0 Å². The maximum atomic E-state index is 11.5. The lowest BCUT2D eigenvalue weighted by Gasteiger charge is -2.09. The molecule has 0 heterocycles. The van der Waals surface area contributed by atoms with Crippen LogP contribution in [0.5, 0.6) is 0 Å². The van der Waals surface area contributed by atoms with Gasteiger partial charge in [-0.25, -0.2) is 0 Å². The van der Waals surface area contributed by atoms with Gasteiger partial charge in [-0.15, -0.1) is 0 Å². The topological polar surface area (TPSA) is 102 Å². The molecule has 0 saturated carbocycles. The third-order valence-corrected chi connectivity index (χ3v) is 4.51. The smallest absolute Gasteiger partial charge is 0.220 e. The summed E-state index contributed by atoms with van der Waals surface area (Å²) in [5.74, 6) is 0.902. The second-order valence-corrected chi connectivity index (χ2v) is 8.33. The van der Waals surface area contributed by atoms with E-state index < -0.39 is 0 Å². The lowest BCUT2D eigenvalue weighted by molar-refractivity contribution is -0.123. The predicted octanol–water partition coefficient (Wildman–Crippen LogP) is 2.25. The van der Waals surface area contributed by atoms with E-state index in [0.717, 1.165) is 6.42 Å². The van der Waals surface area contributed by atoms with Crippen LogP contribution in [0.25, 0.3) is 0 Å². The van der Waals surface area contributed by atoms with Gasteiger partial charge in [-0.3, -0.25) is 9.59 Å². The molecule has 0 aromatic carbocycles. The highest BCUT2D eigenvalue weighted by Gasteiger charge is 2.06. The Morgan fingerprint density at radius 3 is 1.36 bits per heavy atom. The number of ether oxygens (including phenoxy) is 6. The summed E-state index contributed by atoms with van der Waals surface area (Å²) in [5.41, 5.74) is 0. The summed E-state index contributed by atoms with van der Waals surface area (Å²) in [7, 11) is 0. The van der Waals surface area contributed by atoms with Gasteiger partial charge in [0, 0.05) is 25.3 Å². The van der Waals surface area contributed by atoms with E-state index in [4.69, 9.17) is 28.4 Å². The van der Waals surface area contributed by atoms with Gasteiger partial charge in [-0.05, 0) is 12.3 Å². The Balaban J connectivity index is 3.13.